The summed E-state index contributed by atoms with van der Waals surface area (Å²) in [7, 11) is 2.94. The number of nitrogens with zero attached hydrogens (tertiary/aromatic N) is 1. The third kappa shape index (κ3) is 6.40. The van der Waals surface area contributed by atoms with Gasteiger partial charge in [0, 0.05) is 24.2 Å². The second kappa shape index (κ2) is 9.16. The smallest absolute Gasteiger partial charge is 0.310 e. The van der Waals surface area contributed by atoms with Crippen molar-refractivity contribution in [2.45, 2.75) is 32.2 Å². The molecule has 1 aliphatic rings. The van der Waals surface area contributed by atoms with Gasteiger partial charge < -0.3 is 19.7 Å². The molecule has 27 heavy (non-hydrogen) atoms. The molecule has 0 heterocycles. The number of ketones is 1. The lowest BCUT2D eigenvalue weighted by Crippen LogP contribution is -2.40. The van der Waals surface area contributed by atoms with E-state index in [4.69, 9.17) is 9.47 Å². The molecule has 8 heteroatoms. The first kappa shape index (κ1) is 20.4. The van der Waals surface area contributed by atoms with Gasteiger partial charge in [-0.1, -0.05) is 0 Å². The standard InChI is InChI=1S/C19H24N2O6/c1-12(22)13-4-7-16(26-3)14(8-13)9-19(25)27-11-18(24)21(2)10-17(23)20-15-5-6-15/h4,7-8,15H,5-6,9-11H2,1-3H3,(H,20,23). The zero-order chi connectivity index (χ0) is 20.0. The number of carbonyl (C=O) groups is 4. The molecular formula is C19H24N2O6. The minimum Gasteiger partial charge on any atom is -0.496 e. The van der Waals surface area contributed by atoms with Crippen molar-refractivity contribution in [1.29, 1.82) is 0 Å². The van der Waals surface area contributed by atoms with Crippen LogP contribution in [0, 0.1) is 0 Å². The minimum atomic E-state index is -0.627. The Morgan fingerprint density at radius 2 is 1.93 bits per heavy atom. The third-order valence-electron chi connectivity index (χ3n) is 4.13. The van der Waals surface area contributed by atoms with Gasteiger partial charge in [0.25, 0.3) is 5.91 Å². The molecule has 1 saturated carbocycles. The molecular weight excluding hydrogens is 352 g/mol. The summed E-state index contributed by atoms with van der Waals surface area (Å²) in [5, 5.41) is 2.78. The SMILES string of the molecule is COc1ccc(C(C)=O)cc1CC(=O)OCC(=O)N(C)CC(=O)NC1CC1. The number of hydrogen-bond donors (Lipinski definition) is 1. The van der Waals surface area contributed by atoms with Crippen molar-refractivity contribution in [3.8, 4) is 5.75 Å². The van der Waals surface area contributed by atoms with Crippen molar-refractivity contribution in [2.24, 2.45) is 0 Å². The molecule has 146 valence electrons. The molecule has 1 aromatic rings. The van der Waals surface area contributed by atoms with Gasteiger partial charge >= 0.3 is 5.97 Å². The summed E-state index contributed by atoms with van der Waals surface area (Å²) in [6, 6.07) is 5.01. The first-order valence-corrected chi connectivity index (χ1v) is 8.67. The van der Waals surface area contributed by atoms with Gasteiger partial charge in [-0.25, -0.2) is 0 Å². The molecule has 0 saturated heterocycles. The Kier molecular flexibility index (Phi) is 6.92. The lowest BCUT2D eigenvalue weighted by atomic mass is 10.0. The fourth-order valence-electron chi connectivity index (χ4n) is 2.40. The van der Waals surface area contributed by atoms with Crippen LogP contribution in [0.5, 0.6) is 5.75 Å². The van der Waals surface area contributed by atoms with Crippen LogP contribution in [0.15, 0.2) is 18.2 Å². The number of rotatable bonds is 9. The number of likely N-dealkylation sites (N-methyl/N-ethyl adjacent to an activating group) is 1. The highest BCUT2D eigenvalue weighted by molar-refractivity contribution is 5.94. The van der Waals surface area contributed by atoms with Crippen LogP contribution < -0.4 is 10.1 Å². The summed E-state index contributed by atoms with van der Waals surface area (Å²) in [5.74, 6) is -1.01. The number of methoxy groups -OCH3 is 1. The van der Waals surface area contributed by atoms with Crippen LogP contribution in [0.25, 0.3) is 0 Å². The molecule has 2 rings (SSSR count). The fraction of sp³-hybridized carbons (Fsp3) is 0.474. The molecule has 0 spiro atoms. The van der Waals surface area contributed by atoms with Gasteiger partial charge in [0.1, 0.15) is 5.75 Å². The molecule has 0 atom stereocenters. The van der Waals surface area contributed by atoms with Gasteiger partial charge in [0.2, 0.25) is 5.91 Å². The Morgan fingerprint density at radius 1 is 1.22 bits per heavy atom. The van der Waals surface area contributed by atoms with Crippen LogP contribution in [0.1, 0.15) is 35.7 Å². The summed E-state index contributed by atoms with van der Waals surface area (Å²) >= 11 is 0. The third-order valence-corrected chi connectivity index (χ3v) is 4.13. The molecule has 0 radical (unpaired) electrons. The highest BCUT2D eigenvalue weighted by Gasteiger charge is 2.24. The molecule has 2 amide bonds. The molecule has 0 bridgehead atoms. The Morgan fingerprint density at radius 3 is 2.52 bits per heavy atom. The molecule has 1 fully saturated rings. The van der Waals surface area contributed by atoms with E-state index in [2.05, 4.69) is 5.32 Å². The predicted molar refractivity (Wildman–Crippen MR) is 96.5 cm³/mol. The van der Waals surface area contributed by atoms with Crippen molar-refractivity contribution < 1.29 is 28.7 Å². The zero-order valence-electron chi connectivity index (χ0n) is 15.7. The highest BCUT2D eigenvalue weighted by atomic mass is 16.5. The maximum atomic E-state index is 12.1. The van der Waals surface area contributed by atoms with E-state index < -0.39 is 18.5 Å². The number of Topliss-reactive ketones (excluding diaryl/α,β-unsaturated/α-hetero) is 1. The molecule has 8 nitrogen and oxygen atoms in total. The van der Waals surface area contributed by atoms with Gasteiger partial charge in [-0.3, -0.25) is 19.2 Å². The maximum Gasteiger partial charge on any atom is 0.310 e. The van der Waals surface area contributed by atoms with Crippen molar-refractivity contribution >= 4 is 23.6 Å². The van der Waals surface area contributed by atoms with Crippen molar-refractivity contribution in [1.82, 2.24) is 10.2 Å². The van der Waals surface area contributed by atoms with E-state index in [1.165, 1.54) is 26.0 Å². The Bertz CT molecular complexity index is 742. The normalized spacial score (nSPS) is 12.9. The number of nitrogens with one attached hydrogen (secondary N) is 1. The summed E-state index contributed by atoms with van der Waals surface area (Å²) in [6.45, 7) is 0.889. The van der Waals surface area contributed by atoms with Crippen LogP contribution in [0.4, 0.5) is 0 Å². The van der Waals surface area contributed by atoms with E-state index in [1.807, 2.05) is 0 Å². The summed E-state index contributed by atoms with van der Waals surface area (Å²) in [5.41, 5.74) is 0.955. The Balaban J connectivity index is 1.84. The second-order valence-corrected chi connectivity index (χ2v) is 6.51. The van der Waals surface area contributed by atoms with Gasteiger partial charge in [-0.2, -0.15) is 0 Å². The van der Waals surface area contributed by atoms with E-state index >= 15 is 0 Å². The quantitative estimate of drug-likeness (QED) is 0.503. The van der Waals surface area contributed by atoms with Gasteiger partial charge in [-0.05, 0) is 38.0 Å². The van der Waals surface area contributed by atoms with Gasteiger partial charge in [-0.15, -0.1) is 0 Å². The number of amides is 2. The van der Waals surface area contributed by atoms with Crippen LogP contribution >= 0.6 is 0 Å². The number of carbonyl (C=O) groups excluding carboxylic acids is 4. The predicted octanol–water partition coefficient (Wildman–Crippen LogP) is 0.721. The molecule has 0 unspecified atom stereocenters. The van der Waals surface area contributed by atoms with Gasteiger partial charge in [0.15, 0.2) is 12.4 Å². The first-order chi connectivity index (χ1) is 12.8. The minimum absolute atomic E-state index is 0.0820. The summed E-state index contributed by atoms with van der Waals surface area (Å²) < 4.78 is 10.2. The van der Waals surface area contributed by atoms with Gasteiger partial charge in [0.05, 0.1) is 20.1 Å². The average molecular weight is 376 g/mol. The van der Waals surface area contributed by atoms with E-state index in [-0.39, 0.29) is 30.7 Å². The van der Waals surface area contributed by atoms with Crippen molar-refractivity contribution in [3.05, 3.63) is 29.3 Å². The molecule has 1 aromatic carbocycles. The van der Waals surface area contributed by atoms with Crippen LogP contribution in [0.2, 0.25) is 0 Å². The largest absolute Gasteiger partial charge is 0.496 e. The van der Waals surface area contributed by atoms with E-state index in [9.17, 15) is 19.2 Å². The molecule has 0 aliphatic heterocycles. The average Bonchev–Trinajstić information content (AvgIpc) is 3.43. The summed E-state index contributed by atoms with van der Waals surface area (Å²) in [6.07, 6.45) is 1.80. The lowest BCUT2D eigenvalue weighted by molar-refractivity contribution is -0.151. The van der Waals surface area contributed by atoms with Crippen LogP contribution in [0.3, 0.4) is 0 Å². The van der Waals surface area contributed by atoms with Crippen molar-refractivity contribution in [2.75, 3.05) is 27.3 Å². The molecule has 1 N–H and O–H groups in total. The Hall–Kier alpha value is -2.90. The first-order valence-electron chi connectivity index (χ1n) is 8.67. The van der Waals surface area contributed by atoms with E-state index in [0.717, 1.165) is 12.8 Å². The number of ether oxygens (including phenoxy) is 2. The monoisotopic (exact) mass is 376 g/mol. The number of esters is 1. The number of hydrogen-bond acceptors (Lipinski definition) is 6. The van der Waals surface area contributed by atoms with Crippen LogP contribution in [-0.2, 0) is 25.5 Å². The Labute approximate surface area is 157 Å². The van der Waals surface area contributed by atoms with Crippen molar-refractivity contribution in [3.63, 3.8) is 0 Å². The van der Waals surface area contributed by atoms with E-state index in [1.54, 1.807) is 18.2 Å². The van der Waals surface area contributed by atoms with Crippen LogP contribution in [-0.4, -0.2) is 61.8 Å². The molecule has 1 aliphatic carbocycles. The summed E-state index contributed by atoms with van der Waals surface area (Å²) in [4.78, 5) is 48.4. The topological polar surface area (TPSA) is 102 Å². The highest BCUT2D eigenvalue weighted by Crippen LogP contribution is 2.21. The second-order valence-electron chi connectivity index (χ2n) is 6.51. The lowest BCUT2D eigenvalue weighted by Gasteiger charge is -2.17. The number of benzene rings is 1. The molecule has 0 aromatic heterocycles. The maximum absolute atomic E-state index is 12.1. The fourth-order valence-corrected chi connectivity index (χ4v) is 2.40. The zero-order valence-corrected chi connectivity index (χ0v) is 15.7. The van der Waals surface area contributed by atoms with E-state index in [0.29, 0.717) is 16.9 Å².